The molecule has 3 N–H and O–H groups in total. The summed E-state index contributed by atoms with van der Waals surface area (Å²) in [5, 5.41) is 15.0. The first-order valence-electron chi connectivity index (χ1n) is 8.00. The van der Waals surface area contributed by atoms with Crippen molar-refractivity contribution >= 4 is 23.2 Å². The van der Waals surface area contributed by atoms with Crippen molar-refractivity contribution in [2.45, 2.75) is 26.4 Å². The number of anilines is 2. The fraction of sp³-hybridized carbons (Fsp3) is 0.263. The summed E-state index contributed by atoms with van der Waals surface area (Å²) in [5.74, 6) is -1.20. The second-order valence-electron chi connectivity index (χ2n) is 6.11. The third-order valence-corrected chi connectivity index (χ3v) is 3.66. The molecule has 2 amide bonds. The molecule has 132 valence electrons. The second-order valence-corrected chi connectivity index (χ2v) is 6.11. The molecule has 0 aromatic heterocycles. The van der Waals surface area contributed by atoms with Gasteiger partial charge in [0.05, 0.1) is 12.5 Å². The maximum absolute atomic E-state index is 13.2. The second kappa shape index (κ2) is 8.39. The maximum atomic E-state index is 13.2. The van der Waals surface area contributed by atoms with Crippen molar-refractivity contribution in [3.05, 3.63) is 59.9 Å². The van der Waals surface area contributed by atoms with Gasteiger partial charge in [0.1, 0.15) is 5.82 Å². The molecule has 5 nitrogen and oxygen atoms in total. The molecule has 0 heterocycles. The Kier molecular flexibility index (Phi) is 6.25. The van der Waals surface area contributed by atoms with Gasteiger partial charge in [-0.2, -0.15) is 0 Å². The van der Waals surface area contributed by atoms with Gasteiger partial charge in [0, 0.05) is 16.9 Å². The van der Waals surface area contributed by atoms with E-state index in [1.54, 1.807) is 24.3 Å². The van der Waals surface area contributed by atoms with E-state index in [4.69, 9.17) is 0 Å². The topological polar surface area (TPSA) is 78.4 Å². The van der Waals surface area contributed by atoms with Gasteiger partial charge in [-0.05, 0) is 42.3 Å². The lowest BCUT2D eigenvalue weighted by atomic mass is 10.0. The van der Waals surface area contributed by atoms with Crippen molar-refractivity contribution < 1.29 is 19.1 Å². The smallest absolute Gasteiger partial charge is 0.255 e. The van der Waals surface area contributed by atoms with E-state index in [1.807, 2.05) is 13.8 Å². The van der Waals surface area contributed by atoms with E-state index in [-0.39, 0.29) is 18.2 Å². The van der Waals surface area contributed by atoms with Crippen LogP contribution in [0.1, 0.15) is 30.6 Å². The van der Waals surface area contributed by atoms with E-state index in [0.29, 0.717) is 16.9 Å². The lowest BCUT2D eigenvalue weighted by Gasteiger charge is -2.14. The monoisotopic (exact) mass is 344 g/mol. The van der Waals surface area contributed by atoms with Crippen LogP contribution in [0, 0.1) is 11.7 Å². The molecule has 2 aromatic rings. The fourth-order valence-corrected chi connectivity index (χ4v) is 2.15. The van der Waals surface area contributed by atoms with Crippen molar-refractivity contribution in [1.29, 1.82) is 0 Å². The van der Waals surface area contributed by atoms with E-state index < -0.39 is 17.8 Å². The van der Waals surface area contributed by atoms with E-state index >= 15 is 0 Å². The fourth-order valence-electron chi connectivity index (χ4n) is 2.15. The molecule has 0 saturated carbocycles. The van der Waals surface area contributed by atoms with Crippen LogP contribution in [-0.2, 0) is 4.79 Å². The number of carbonyl (C=O) groups is 2. The highest BCUT2D eigenvalue weighted by molar-refractivity contribution is 6.05. The summed E-state index contributed by atoms with van der Waals surface area (Å²) < 4.78 is 13.2. The highest BCUT2D eigenvalue weighted by Gasteiger charge is 2.15. The number of hydrogen-bond acceptors (Lipinski definition) is 3. The molecule has 1 atom stereocenters. The highest BCUT2D eigenvalue weighted by atomic mass is 19.1. The molecule has 0 fully saturated rings. The number of nitrogens with one attached hydrogen (secondary N) is 2. The summed E-state index contributed by atoms with van der Waals surface area (Å²) in [6.45, 7) is 3.66. The largest absolute Gasteiger partial charge is 0.392 e. The van der Waals surface area contributed by atoms with E-state index in [1.165, 1.54) is 24.3 Å². The van der Waals surface area contributed by atoms with Gasteiger partial charge in [-0.3, -0.25) is 9.59 Å². The first-order valence-corrected chi connectivity index (χ1v) is 8.00. The quantitative estimate of drug-likeness (QED) is 0.751. The van der Waals surface area contributed by atoms with Gasteiger partial charge in [-0.15, -0.1) is 0 Å². The van der Waals surface area contributed by atoms with E-state index in [0.717, 1.165) is 0 Å². The van der Waals surface area contributed by atoms with Gasteiger partial charge in [-0.1, -0.05) is 26.0 Å². The summed E-state index contributed by atoms with van der Waals surface area (Å²) >= 11 is 0. The van der Waals surface area contributed by atoms with Gasteiger partial charge in [0.15, 0.2) is 0 Å². The van der Waals surface area contributed by atoms with Crippen molar-refractivity contribution in [3.8, 4) is 0 Å². The third kappa shape index (κ3) is 5.69. The van der Waals surface area contributed by atoms with Crippen LogP contribution >= 0.6 is 0 Å². The minimum Gasteiger partial charge on any atom is -0.392 e. The van der Waals surface area contributed by atoms with E-state index in [2.05, 4.69) is 10.6 Å². The number of halogens is 1. The van der Waals surface area contributed by atoms with Crippen LogP contribution < -0.4 is 10.6 Å². The van der Waals surface area contributed by atoms with Crippen LogP contribution in [0.3, 0.4) is 0 Å². The first-order chi connectivity index (χ1) is 11.8. The van der Waals surface area contributed by atoms with Crippen molar-refractivity contribution in [2.75, 3.05) is 10.6 Å². The zero-order valence-corrected chi connectivity index (χ0v) is 14.1. The van der Waals surface area contributed by atoms with Crippen LogP contribution in [0.5, 0.6) is 0 Å². The number of rotatable bonds is 6. The predicted octanol–water partition coefficient (Wildman–Crippen LogP) is 3.42. The zero-order valence-electron chi connectivity index (χ0n) is 14.1. The molecule has 0 aliphatic heterocycles. The average Bonchev–Trinajstić information content (AvgIpc) is 2.54. The van der Waals surface area contributed by atoms with E-state index in [9.17, 15) is 19.1 Å². The highest BCUT2D eigenvalue weighted by Crippen LogP contribution is 2.15. The van der Waals surface area contributed by atoms with Crippen LogP contribution in [0.4, 0.5) is 15.8 Å². The Bertz CT molecular complexity index is 762. The lowest BCUT2D eigenvalue weighted by Crippen LogP contribution is -2.23. The Balaban J connectivity index is 2.02. The first kappa shape index (κ1) is 18.6. The molecule has 2 rings (SSSR count). The minimum atomic E-state index is -0.723. The normalized spacial score (nSPS) is 11.9. The number of amides is 2. The predicted molar refractivity (Wildman–Crippen MR) is 94.9 cm³/mol. The van der Waals surface area contributed by atoms with Crippen LogP contribution in [0.25, 0.3) is 0 Å². The SMILES string of the molecule is CC(C)C(O)CC(=O)Nc1cccc(C(=O)Nc2cccc(F)c2)c1. The molecule has 0 spiro atoms. The summed E-state index contributed by atoms with van der Waals surface area (Å²) in [6, 6.07) is 12.0. The van der Waals surface area contributed by atoms with Crippen molar-refractivity contribution in [2.24, 2.45) is 5.92 Å². The molecule has 6 heteroatoms. The third-order valence-electron chi connectivity index (χ3n) is 3.66. The summed E-state index contributed by atoms with van der Waals surface area (Å²) in [4.78, 5) is 24.2. The molecule has 2 aromatic carbocycles. The Morgan fingerprint density at radius 3 is 2.32 bits per heavy atom. The van der Waals surface area contributed by atoms with Gasteiger partial charge < -0.3 is 15.7 Å². The number of hydrogen-bond donors (Lipinski definition) is 3. The molecule has 0 aliphatic rings. The molecule has 0 aliphatic carbocycles. The van der Waals surface area contributed by atoms with Crippen molar-refractivity contribution in [1.82, 2.24) is 0 Å². The molecule has 0 radical (unpaired) electrons. The summed E-state index contributed by atoms with van der Waals surface area (Å²) in [6.07, 6.45) is -0.739. The number of benzene rings is 2. The molecule has 25 heavy (non-hydrogen) atoms. The lowest BCUT2D eigenvalue weighted by molar-refractivity contribution is -0.118. The molecular formula is C19H21FN2O3. The van der Waals surface area contributed by atoms with Crippen LogP contribution in [0.15, 0.2) is 48.5 Å². The molecule has 1 unspecified atom stereocenters. The number of carbonyl (C=O) groups excluding carboxylic acids is 2. The Morgan fingerprint density at radius 1 is 1.04 bits per heavy atom. The number of aliphatic hydroxyl groups excluding tert-OH is 1. The summed E-state index contributed by atoms with van der Waals surface area (Å²) in [7, 11) is 0. The summed E-state index contributed by atoms with van der Waals surface area (Å²) in [5.41, 5.74) is 1.12. The van der Waals surface area contributed by atoms with Gasteiger partial charge in [-0.25, -0.2) is 4.39 Å². The Labute approximate surface area is 145 Å². The Morgan fingerprint density at radius 2 is 1.68 bits per heavy atom. The number of aliphatic hydroxyl groups is 1. The van der Waals surface area contributed by atoms with Gasteiger partial charge in [0.2, 0.25) is 5.91 Å². The molecule has 0 saturated heterocycles. The Hall–Kier alpha value is -2.73. The van der Waals surface area contributed by atoms with Crippen LogP contribution in [0.2, 0.25) is 0 Å². The maximum Gasteiger partial charge on any atom is 0.255 e. The zero-order chi connectivity index (χ0) is 18.4. The average molecular weight is 344 g/mol. The van der Waals surface area contributed by atoms with Gasteiger partial charge >= 0.3 is 0 Å². The molecule has 0 bridgehead atoms. The van der Waals surface area contributed by atoms with Crippen LogP contribution in [-0.4, -0.2) is 23.0 Å². The van der Waals surface area contributed by atoms with Gasteiger partial charge in [0.25, 0.3) is 5.91 Å². The van der Waals surface area contributed by atoms with Crippen molar-refractivity contribution in [3.63, 3.8) is 0 Å². The molecular weight excluding hydrogens is 323 g/mol. The minimum absolute atomic E-state index is 0.0165. The standard InChI is InChI=1S/C19H21FN2O3/c1-12(2)17(23)11-18(24)21-15-7-3-5-13(9-15)19(25)22-16-8-4-6-14(20)10-16/h3-10,12,17,23H,11H2,1-2H3,(H,21,24)(H,22,25).